The van der Waals surface area contributed by atoms with Gasteiger partial charge in [0.15, 0.2) is 0 Å². The number of amides is 3. The van der Waals surface area contributed by atoms with Crippen LogP contribution in [0.2, 0.25) is 0 Å². The Morgan fingerprint density at radius 2 is 1.80 bits per heavy atom. The van der Waals surface area contributed by atoms with Crippen LogP contribution >= 0.6 is 0 Å². The summed E-state index contributed by atoms with van der Waals surface area (Å²) in [6, 6.07) is 3.56. The number of urea groups is 1. The minimum Gasteiger partial charge on any atom is -0.481 e. The van der Waals surface area contributed by atoms with Crippen molar-refractivity contribution in [3.63, 3.8) is 0 Å². The average molecular weight is 351 g/mol. The van der Waals surface area contributed by atoms with Crippen LogP contribution < -0.4 is 11.1 Å². The van der Waals surface area contributed by atoms with E-state index in [1.807, 2.05) is 0 Å². The summed E-state index contributed by atoms with van der Waals surface area (Å²) in [6.07, 6.45) is -0.676. The molecule has 0 saturated carbocycles. The van der Waals surface area contributed by atoms with E-state index in [1.54, 1.807) is 0 Å². The second-order valence-corrected chi connectivity index (χ2v) is 4.90. The van der Waals surface area contributed by atoms with Crippen LogP contribution in [0.25, 0.3) is 0 Å². The molecule has 3 amide bonds. The first-order chi connectivity index (χ1) is 11.7. The quantitative estimate of drug-likeness (QED) is 0.397. The summed E-state index contributed by atoms with van der Waals surface area (Å²) in [4.78, 5) is 44.3. The Labute approximate surface area is 142 Å². The van der Waals surface area contributed by atoms with Gasteiger partial charge in [-0.3, -0.25) is 9.59 Å². The Balaban J connectivity index is 2.66. The highest BCUT2D eigenvalue weighted by molar-refractivity contribution is 5.93. The molecule has 0 saturated heterocycles. The van der Waals surface area contributed by atoms with Gasteiger partial charge in [0.25, 0.3) is 0 Å². The molecule has 25 heavy (non-hydrogen) atoms. The van der Waals surface area contributed by atoms with Crippen molar-refractivity contribution in [1.82, 2.24) is 10.3 Å². The molecule has 1 aromatic carbocycles. The van der Waals surface area contributed by atoms with Crippen LogP contribution in [-0.2, 0) is 9.59 Å². The van der Waals surface area contributed by atoms with E-state index < -0.39 is 36.3 Å². The molecule has 0 aromatic heterocycles. The molecule has 0 fully saturated rings. The number of nitrogens with one attached hydrogen (secondary N) is 1. The molecule has 1 rings (SSSR count). The zero-order chi connectivity index (χ0) is 19.0. The van der Waals surface area contributed by atoms with Gasteiger partial charge in [0.2, 0.25) is 5.91 Å². The van der Waals surface area contributed by atoms with Crippen molar-refractivity contribution in [3.8, 4) is 0 Å². The first kappa shape index (κ1) is 19.5. The molecule has 11 heteroatoms. The predicted octanol–water partition coefficient (Wildman–Crippen LogP) is 0.744. The number of nitrogens with two attached hydrogens (primary N) is 1. The second kappa shape index (κ2) is 8.96. The van der Waals surface area contributed by atoms with Gasteiger partial charge in [0, 0.05) is 19.0 Å². The van der Waals surface area contributed by atoms with E-state index in [0.29, 0.717) is 5.69 Å². The molecule has 0 bridgehead atoms. The number of carbonyl (C=O) groups is 4. The van der Waals surface area contributed by atoms with Crippen molar-refractivity contribution < 1.29 is 29.4 Å². The van der Waals surface area contributed by atoms with Crippen LogP contribution in [0.1, 0.15) is 23.2 Å². The van der Waals surface area contributed by atoms with Crippen molar-refractivity contribution >= 4 is 29.6 Å². The smallest absolute Gasteiger partial charge is 0.339 e. The minimum absolute atomic E-state index is 0.268. The Kier molecular flexibility index (Phi) is 7.00. The molecule has 0 unspecified atom stereocenters. The predicted molar refractivity (Wildman–Crippen MR) is 84.1 cm³/mol. The van der Waals surface area contributed by atoms with Gasteiger partial charge in [-0.2, -0.15) is 5.01 Å². The van der Waals surface area contributed by atoms with Crippen molar-refractivity contribution in [1.29, 1.82) is 0 Å². The monoisotopic (exact) mass is 351 g/mol. The Morgan fingerprint density at radius 1 is 1.20 bits per heavy atom. The maximum Gasteiger partial charge on any atom is 0.339 e. The minimum atomic E-state index is -1.36. The largest absolute Gasteiger partial charge is 0.481 e. The molecular formula is C14H17N5O6. The van der Waals surface area contributed by atoms with Crippen molar-refractivity contribution in [2.75, 3.05) is 7.05 Å². The van der Waals surface area contributed by atoms with Crippen LogP contribution in [0.4, 0.5) is 10.5 Å². The summed E-state index contributed by atoms with van der Waals surface area (Å²) in [5.41, 5.74) is 5.72. The molecule has 0 aliphatic carbocycles. The molecule has 0 spiro atoms. The van der Waals surface area contributed by atoms with Crippen LogP contribution in [0.3, 0.4) is 0 Å². The molecule has 11 nitrogen and oxygen atoms in total. The van der Waals surface area contributed by atoms with Crippen molar-refractivity contribution in [2.24, 2.45) is 16.1 Å². The standard InChI is InChI=1S/C14H17N5O6/c1-19(14(25)16-10(13(23)24)6-7-11(20)21)18-17-9-4-2-8(3-5-9)12(15)22/h2-5,10H,6-7H2,1H3,(H2,15,22)(H,16,25)(H,20,21)(H,23,24)/t10-/m0/s1. The second-order valence-electron chi connectivity index (χ2n) is 4.90. The topological polar surface area (TPSA) is 175 Å². The summed E-state index contributed by atoms with van der Waals surface area (Å²) in [7, 11) is 1.24. The number of carbonyl (C=O) groups excluding carboxylic acids is 2. The SMILES string of the molecule is CN(N=Nc1ccc(C(N)=O)cc1)C(=O)N[C@@H](CCC(=O)O)C(=O)O. The molecular weight excluding hydrogens is 334 g/mol. The summed E-state index contributed by atoms with van der Waals surface area (Å²) in [5.74, 6) is -3.13. The Hall–Kier alpha value is -3.50. The first-order valence-corrected chi connectivity index (χ1v) is 7.01. The number of hydrogen-bond donors (Lipinski definition) is 4. The maximum absolute atomic E-state index is 11.9. The van der Waals surface area contributed by atoms with Crippen molar-refractivity contribution in [2.45, 2.75) is 18.9 Å². The zero-order valence-corrected chi connectivity index (χ0v) is 13.2. The summed E-state index contributed by atoms with van der Waals surface area (Å²) in [6.45, 7) is 0. The molecule has 1 aromatic rings. The Morgan fingerprint density at radius 3 is 2.28 bits per heavy atom. The number of aliphatic carboxylic acids is 2. The molecule has 0 heterocycles. The fraction of sp³-hybridized carbons (Fsp3) is 0.286. The van der Waals surface area contributed by atoms with E-state index in [4.69, 9.17) is 15.9 Å². The average Bonchev–Trinajstić information content (AvgIpc) is 2.55. The van der Waals surface area contributed by atoms with Gasteiger partial charge in [-0.25, -0.2) is 9.59 Å². The third-order valence-electron chi connectivity index (χ3n) is 2.98. The Bertz CT molecular complexity index is 687. The highest BCUT2D eigenvalue weighted by Crippen LogP contribution is 2.13. The van der Waals surface area contributed by atoms with Gasteiger partial charge in [-0.1, -0.05) is 5.22 Å². The molecule has 134 valence electrons. The first-order valence-electron chi connectivity index (χ1n) is 7.01. The summed E-state index contributed by atoms with van der Waals surface area (Å²) in [5, 5.41) is 27.8. The van der Waals surface area contributed by atoms with E-state index in [2.05, 4.69) is 15.7 Å². The maximum atomic E-state index is 11.9. The molecule has 0 radical (unpaired) electrons. The number of benzene rings is 1. The molecule has 0 aliphatic rings. The lowest BCUT2D eigenvalue weighted by atomic mass is 10.1. The third kappa shape index (κ3) is 6.64. The lowest BCUT2D eigenvalue weighted by molar-refractivity contribution is -0.140. The van der Waals surface area contributed by atoms with Crippen LogP contribution in [0.15, 0.2) is 34.6 Å². The lowest BCUT2D eigenvalue weighted by Gasteiger charge is -2.16. The van der Waals surface area contributed by atoms with Gasteiger partial charge in [0.1, 0.15) is 6.04 Å². The number of hydrogen-bond acceptors (Lipinski definition) is 6. The summed E-state index contributed by atoms with van der Waals surface area (Å²) < 4.78 is 0. The van der Waals surface area contributed by atoms with E-state index in [1.165, 1.54) is 31.3 Å². The van der Waals surface area contributed by atoms with Gasteiger partial charge in [0.05, 0.1) is 5.69 Å². The number of primary amides is 1. The van der Waals surface area contributed by atoms with Crippen molar-refractivity contribution in [3.05, 3.63) is 29.8 Å². The van der Waals surface area contributed by atoms with E-state index in [0.717, 1.165) is 5.01 Å². The number of carboxylic acid groups (broad SMARTS) is 2. The normalized spacial score (nSPS) is 11.7. The molecule has 5 N–H and O–H groups in total. The summed E-state index contributed by atoms with van der Waals surface area (Å²) >= 11 is 0. The van der Waals surface area contributed by atoms with E-state index in [-0.39, 0.29) is 12.0 Å². The van der Waals surface area contributed by atoms with Gasteiger partial charge < -0.3 is 21.3 Å². The highest BCUT2D eigenvalue weighted by Gasteiger charge is 2.22. The van der Waals surface area contributed by atoms with Crippen LogP contribution in [0.5, 0.6) is 0 Å². The van der Waals surface area contributed by atoms with Gasteiger partial charge in [-0.15, -0.1) is 5.11 Å². The van der Waals surface area contributed by atoms with E-state index in [9.17, 15) is 19.2 Å². The zero-order valence-electron chi connectivity index (χ0n) is 13.2. The highest BCUT2D eigenvalue weighted by atomic mass is 16.4. The van der Waals surface area contributed by atoms with Gasteiger partial charge in [-0.05, 0) is 30.7 Å². The number of nitrogens with zero attached hydrogens (tertiary/aromatic N) is 3. The third-order valence-corrected chi connectivity index (χ3v) is 2.98. The van der Waals surface area contributed by atoms with Gasteiger partial charge >= 0.3 is 18.0 Å². The molecule has 0 aliphatic heterocycles. The fourth-order valence-electron chi connectivity index (χ4n) is 1.62. The number of rotatable bonds is 8. The fourth-order valence-corrected chi connectivity index (χ4v) is 1.62. The van der Waals surface area contributed by atoms with Crippen LogP contribution in [0, 0.1) is 0 Å². The molecule has 1 atom stereocenters. The lowest BCUT2D eigenvalue weighted by Crippen LogP contribution is -2.45. The van der Waals surface area contributed by atoms with Crippen LogP contribution in [-0.4, -0.2) is 52.2 Å². The van der Waals surface area contributed by atoms with E-state index >= 15 is 0 Å². The number of carboxylic acids is 2.